The molecule has 2 aliphatic carbocycles. The van der Waals surface area contributed by atoms with Gasteiger partial charge in [0.05, 0.1) is 5.70 Å². The second-order valence-electron chi connectivity index (χ2n) is 9.18. The minimum Gasteiger partial charge on any atom is -0.253 e. The van der Waals surface area contributed by atoms with Gasteiger partial charge in [0.25, 0.3) is 0 Å². The summed E-state index contributed by atoms with van der Waals surface area (Å²) in [5, 5.41) is 0. The lowest BCUT2D eigenvalue weighted by atomic mass is 10.00. The average molecular weight is 430 g/mol. The minimum absolute atomic E-state index is 0.778. The van der Waals surface area contributed by atoms with Gasteiger partial charge in [-0.1, -0.05) is 116 Å². The van der Waals surface area contributed by atoms with Gasteiger partial charge in [0.15, 0.2) is 0 Å². The van der Waals surface area contributed by atoms with Gasteiger partial charge in [-0.15, -0.1) is 0 Å². The van der Waals surface area contributed by atoms with Crippen molar-refractivity contribution in [3.63, 3.8) is 0 Å². The van der Waals surface area contributed by atoms with E-state index in [-0.39, 0.29) is 0 Å². The Balaban J connectivity index is 1.43. The Hall–Kier alpha value is -3.45. The Bertz CT molecular complexity index is 1220. The average Bonchev–Trinajstić information content (AvgIpc) is 3.64. The highest BCUT2D eigenvalue weighted by atomic mass is 14.8. The van der Waals surface area contributed by atoms with E-state index in [9.17, 15) is 0 Å². The summed E-state index contributed by atoms with van der Waals surface area (Å²) in [4.78, 5) is 5.19. The molecule has 0 N–H and O–H groups in total. The van der Waals surface area contributed by atoms with E-state index in [1.165, 1.54) is 39.8 Å². The molecule has 1 nitrogen and oxygen atoms in total. The molecule has 3 aromatic rings. The first kappa shape index (κ1) is 21.4. The smallest absolute Gasteiger partial charge is 0.0669 e. The van der Waals surface area contributed by atoms with Gasteiger partial charge in [0.2, 0.25) is 0 Å². The van der Waals surface area contributed by atoms with Crippen LogP contribution in [0.15, 0.2) is 114 Å². The van der Waals surface area contributed by atoms with E-state index in [1.54, 1.807) is 0 Å². The highest BCUT2D eigenvalue weighted by Gasteiger charge is 2.34. The number of aliphatic imine (C=N–C) groups is 1. The van der Waals surface area contributed by atoms with Crippen LogP contribution in [0.2, 0.25) is 0 Å². The number of hydrogen-bond acceptors (Lipinski definition) is 1. The fraction of sp³-hybridized carbons (Fsp3) is 0.219. The van der Waals surface area contributed by atoms with Crippen LogP contribution in [0.3, 0.4) is 0 Å². The molecule has 0 amide bonds. The van der Waals surface area contributed by atoms with Crippen molar-refractivity contribution < 1.29 is 0 Å². The monoisotopic (exact) mass is 429 g/mol. The number of rotatable bonds is 7. The van der Waals surface area contributed by atoms with Gasteiger partial charge in [0, 0.05) is 5.71 Å². The van der Waals surface area contributed by atoms with Crippen molar-refractivity contribution in [3.8, 4) is 11.1 Å². The number of allylic oxidation sites excluding steroid dienone is 5. The van der Waals surface area contributed by atoms with Gasteiger partial charge < -0.3 is 0 Å². The second kappa shape index (κ2) is 9.58. The van der Waals surface area contributed by atoms with E-state index < -0.39 is 0 Å². The summed E-state index contributed by atoms with van der Waals surface area (Å²) < 4.78 is 0. The van der Waals surface area contributed by atoms with E-state index in [0.29, 0.717) is 0 Å². The molecule has 0 spiro atoms. The molecule has 2 unspecified atom stereocenters. The van der Waals surface area contributed by atoms with Gasteiger partial charge in [0.1, 0.15) is 0 Å². The summed E-state index contributed by atoms with van der Waals surface area (Å²) in [6, 6.07) is 28.1. The van der Waals surface area contributed by atoms with Crippen LogP contribution in [0, 0.1) is 18.8 Å². The molecule has 2 atom stereocenters. The minimum atomic E-state index is 0.778. The Morgan fingerprint density at radius 3 is 2.21 bits per heavy atom. The van der Waals surface area contributed by atoms with Crippen LogP contribution >= 0.6 is 0 Å². The van der Waals surface area contributed by atoms with Crippen LogP contribution in [0.25, 0.3) is 16.8 Å². The van der Waals surface area contributed by atoms with Crippen LogP contribution in [-0.4, -0.2) is 5.71 Å². The number of aryl methyl sites for hydroxylation is 1. The predicted molar refractivity (Wildman–Crippen MR) is 141 cm³/mol. The van der Waals surface area contributed by atoms with Crippen molar-refractivity contribution in [1.82, 2.24) is 0 Å². The van der Waals surface area contributed by atoms with Crippen molar-refractivity contribution in [2.24, 2.45) is 16.8 Å². The topological polar surface area (TPSA) is 12.4 Å². The Labute approximate surface area is 197 Å². The number of hydrogen-bond donors (Lipinski definition) is 0. The molecule has 0 aromatic heterocycles. The summed E-state index contributed by atoms with van der Waals surface area (Å²) in [6.07, 6.45) is 12.6. The van der Waals surface area contributed by atoms with Gasteiger partial charge in [-0.25, -0.2) is 0 Å². The third-order valence-electron chi connectivity index (χ3n) is 6.67. The maximum Gasteiger partial charge on any atom is 0.0669 e. The second-order valence-corrected chi connectivity index (χ2v) is 9.18. The Morgan fingerprint density at radius 1 is 0.848 bits per heavy atom. The normalized spacial score (nSPS) is 19.8. The van der Waals surface area contributed by atoms with Crippen molar-refractivity contribution in [3.05, 3.63) is 125 Å². The van der Waals surface area contributed by atoms with Gasteiger partial charge >= 0.3 is 0 Å². The molecule has 1 saturated carbocycles. The standard InChI is InChI=1S/C32H31N/c1-3-31(28-18-16-26(17-19-28)25-13-9-23(2)10-14-25)33-32(27-7-5-4-6-8-27)20-12-24-11-15-29-22-30(29)21-24/h4-11,13-21,29-30H,3,12,22H2,1-2H3/b32-20-,33-31+. The zero-order valence-electron chi connectivity index (χ0n) is 19.5. The summed E-state index contributed by atoms with van der Waals surface area (Å²) in [7, 11) is 0. The molecule has 0 aliphatic heterocycles. The van der Waals surface area contributed by atoms with Crippen LogP contribution < -0.4 is 0 Å². The molecule has 164 valence electrons. The van der Waals surface area contributed by atoms with Crippen molar-refractivity contribution in [2.75, 3.05) is 0 Å². The molecular formula is C32H31N. The number of benzene rings is 3. The molecule has 0 radical (unpaired) electrons. The van der Waals surface area contributed by atoms with Gasteiger partial charge in [-0.3, -0.25) is 4.99 Å². The lowest BCUT2D eigenvalue weighted by molar-refractivity contribution is 0.953. The first-order valence-corrected chi connectivity index (χ1v) is 12.1. The SMILES string of the molecule is CC/C(=N\C(=C/CC1=CC2CC2C=C1)c1ccccc1)c1ccc(-c2ccc(C)cc2)cc1. The number of fused-ring (bicyclic) bond motifs is 1. The van der Waals surface area contributed by atoms with Crippen molar-refractivity contribution in [1.29, 1.82) is 0 Å². The molecular weight excluding hydrogens is 398 g/mol. The quantitative estimate of drug-likeness (QED) is 0.334. The van der Waals surface area contributed by atoms with E-state index >= 15 is 0 Å². The molecule has 0 bridgehead atoms. The van der Waals surface area contributed by atoms with Gasteiger partial charge in [-0.2, -0.15) is 0 Å². The molecule has 0 saturated heterocycles. The summed E-state index contributed by atoms with van der Waals surface area (Å²) in [5.74, 6) is 1.58. The van der Waals surface area contributed by atoms with Crippen LogP contribution in [0.5, 0.6) is 0 Å². The summed E-state index contributed by atoms with van der Waals surface area (Å²) in [5.41, 5.74) is 9.72. The lowest BCUT2D eigenvalue weighted by Crippen LogP contribution is -2.00. The van der Waals surface area contributed by atoms with E-state index in [1.807, 2.05) is 0 Å². The first-order valence-electron chi connectivity index (χ1n) is 12.1. The van der Waals surface area contributed by atoms with Crippen LogP contribution in [0.1, 0.15) is 42.9 Å². The Morgan fingerprint density at radius 2 is 1.55 bits per heavy atom. The fourth-order valence-electron chi connectivity index (χ4n) is 4.51. The van der Waals surface area contributed by atoms with E-state index in [4.69, 9.17) is 4.99 Å². The molecule has 3 aromatic carbocycles. The molecule has 2 aliphatic rings. The van der Waals surface area contributed by atoms with Crippen molar-refractivity contribution in [2.45, 2.75) is 33.1 Å². The van der Waals surface area contributed by atoms with E-state index in [0.717, 1.165) is 36.1 Å². The largest absolute Gasteiger partial charge is 0.253 e. The zero-order valence-corrected chi connectivity index (χ0v) is 19.5. The molecule has 5 rings (SSSR count). The maximum absolute atomic E-state index is 5.19. The summed E-state index contributed by atoms with van der Waals surface area (Å²) in [6.45, 7) is 4.31. The fourth-order valence-corrected chi connectivity index (χ4v) is 4.51. The van der Waals surface area contributed by atoms with Crippen LogP contribution in [0.4, 0.5) is 0 Å². The van der Waals surface area contributed by atoms with Gasteiger partial charge in [-0.05, 0) is 65.8 Å². The highest BCUT2D eigenvalue weighted by molar-refractivity contribution is 6.03. The third-order valence-corrected chi connectivity index (χ3v) is 6.67. The van der Waals surface area contributed by atoms with Crippen molar-refractivity contribution >= 4 is 11.4 Å². The molecule has 1 fully saturated rings. The highest BCUT2D eigenvalue weighted by Crippen LogP contribution is 2.44. The maximum atomic E-state index is 5.19. The molecule has 33 heavy (non-hydrogen) atoms. The Kier molecular flexibility index (Phi) is 6.21. The zero-order chi connectivity index (χ0) is 22.6. The first-order chi connectivity index (χ1) is 16.2. The predicted octanol–water partition coefficient (Wildman–Crippen LogP) is 8.42. The molecule has 0 heterocycles. The van der Waals surface area contributed by atoms with Crippen LogP contribution in [-0.2, 0) is 0 Å². The summed E-state index contributed by atoms with van der Waals surface area (Å²) >= 11 is 0. The third kappa shape index (κ3) is 5.14. The molecule has 1 heteroatoms. The van der Waals surface area contributed by atoms with E-state index in [2.05, 4.69) is 117 Å². The lowest BCUT2D eigenvalue weighted by Gasteiger charge is -2.10. The number of nitrogens with zero attached hydrogens (tertiary/aromatic N) is 1.